The number of hydrogen-bond acceptors (Lipinski definition) is 4. The van der Waals surface area contributed by atoms with Gasteiger partial charge in [0, 0.05) is 5.56 Å². The number of ether oxygens (including phenoxy) is 1. The molecule has 0 spiro atoms. The van der Waals surface area contributed by atoms with Crippen molar-refractivity contribution in [1.29, 1.82) is 0 Å². The summed E-state index contributed by atoms with van der Waals surface area (Å²) in [6, 6.07) is 15.7. The van der Waals surface area contributed by atoms with Gasteiger partial charge in [-0.05, 0) is 18.2 Å². The van der Waals surface area contributed by atoms with Gasteiger partial charge in [0.1, 0.15) is 11.5 Å². The number of hydrogen-bond donors (Lipinski definition) is 1. The minimum absolute atomic E-state index is 0.0562. The number of rotatable bonds is 4. The quantitative estimate of drug-likeness (QED) is 0.796. The highest BCUT2D eigenvalue weighted by atomic mass is 35.5. The molecule has 0 saturated carbocycles. The Bertz CT molecular complexity index is 879. The lowest BCUT2D eigenvalue weighted by Gasteiger charge is -2.10. The maximum absolute atomic E-state index is 12.3. The lowest BCUT2D eigenvalue weighted by molar-refractivity contribution is 0.457. The third-order valence-corrected chi connectivity index (χ3v) is 3.58. The normalized spacial score (nSPS) is 10.5. The summed E-state index contributed by atoms with van der Waals surface area (Å²) in [7, 11) is 0. The van der Waals surface area contributed by atoms with Crippen LogP contribution in [-0.2, 0) is 6.54 Å². The zero-order chi connectivity index (χ0) is 16.2. The molecule has 5 nitrogen and oxygen atoms in total. The van der Waals surface area contributed by atoms with Gasteiger partial charge in [-0.2, -0.15) is 5.10 Å². The maximum Gasteiger partial charge on any atom is 0.289 e. The molecular formula is C17H13ClN2O3. The molecule has 0 aliphatic heterocycles. The highest BCUT2D eigenvalue weighted by Crippen LogP contribution is 2.25. The van der Waals surface area contributed by atoms with E-state index in [9.17, 15) is 9.90 Å². The second kappa shape index (κ2) is 6.54. The number of aromatic nitrogens is 2. The van der Waals surface area contributed by atoms with Crippen molar-refractivity contribution in [1.82, 2.24) is 9.78 Å². The van der Waals surface area contributed by atoms with E-state index in [1.807, 2.05) is 18.2 Å². The number of benzene rings is 2. The molecule has 116 valence electrons. The summed E-state index contributed by atoms with van der Waals surface area (Å²) in [4.78, 5) is 12.3. The van der Waals surface area contributed by atoms with Crippen LogP contribution in [0.1, 0.15) is 5.56 Å². The van der Waals surface area contributed by atoms with Gasteiger partial charge in [-0.1, -0.05) is 48.0 Å². The molecule has 1 heterocycles. The highest BCUT2D eigenvalue weighted by Gasteiger charge is 2.12. The summed E-state index contributed by atoms with van der Waals surface area (Å²) < 4.78 is 6.74. The molecule has 2 aromatic carbocycles. The van der Waals surface area contributed by atoms with E-state index in [0.717, 1.165) is 0 Å². The van der Waals surface area contributed by atoms with Gasteiger partial charge < -0.3 is 9.84 Å². The van der Waals surface area contributed by atoms with Crippen molar-refractivity contribution in [3.05, 3.63) is 81.7 Å². The summed E-state index contributed by atoms with van der Waals surface area (Å²) in [5, 5.41) is 13.8. The average Bonchev–Trinajstić information content (AvgIpc) is 2.57. The second-order valence-electron chi connectivity index (χ2n) is 4.83. The molecule has 0 unspecified atom stereocenters. The first kappa shape index (κ1) is 15.1. The second-order valence-corrected chi connectivity index (χ2v) is 5.21. The van der Waals surface area contributed by atoms with E-state index in [-0.39, 0.29) is 23.1 Å². The Balaban J connectivity index is 1.89. The summed E-state index contributed by atoms with van der Waals surface area (Å²) in [5.41, 5.74) is 0.0956. The average molecular weight is 329 g/mol. The molecule has 0 bridgehead atoms. The Morgan fingerprint density at radius 1 is 1.09 bits per heavy atom. The van der Waals surface area contributed by atoms with Gasteiger partial charge in [0.15, 0.2) is 10.8 Å². The van der Waals surface area contributed by atoms with Crippen LogP contribution in [0.5, 0.6) is 17.2 Å². The van der Waals surface area contributed by atoms with Crippen LogP contribution < -0.4 is 10.3 Å². The van der Waals surface area contributed by atoms with Crippen molar-refractivity contribution in [2.45, 2.75) is 6.54 Å². The summed E-state index contributed by atoms with van der Waals surface area (Å²) in [6.45, 7) is 0.122. The lowest BCUT2D eigenvalue weighted by atomic mass is 10.2. The van der Waals surface area contributed by atoms with Gasteiger partial charge in [0.25, 0.3) is 5.56 Å². The Hall–Kier alpha value is -2.79. The first-order chi connectivity index (χ1) is 11.1. The number of phenols is 1. The van der Waals surface area contributed by atoms with Gasteiger partial charge in [-0.15, -0.1) is 0 Å². The minimum Gasteiger partial charge on any atom is -0.508 e. The van der Waals surface area contributed by atoms with Crippen LogP contribution in [0.4, 0.5) is 0 Å². The number of phenolic OH excluding ortho intramolecular Hbond substituents is 1. The molecule has 1 aromatic heterocycles. The molecule has 0 atom stereocenters. The van der Waals surface area contributed by atoms with E-state index in [1.54, 1.807) is 36.4 Å². The van der Waals surface area contributed by atoms with E-state index >= 15 is 0 Å². The molecule has 1 N–H and O–H groups in total. The van der Waals surface area contributed by atoms with Gasteiger partial charge in [0.05, 0.1) is 12.7 Å². The zero-order valence-electron chi connectivity index (χ0n) is 12.0. The predicted molar refractivity (Wildman–Crippen MR) is 87.2 cm³/mol. The van der Waals surface area contributed by atoms with Crippen LogP contribution in [-0.4, -0.2) is 14.9 Å². The summed E-state index contributed by atoms with van der Waals surface area (Å²) in [6.07, 6.45) is 1.39. The fourth-order valence-corrected chi connectivity index (χ4v) is 2.24. The molecule has 0 fully saturated rings. The van der Waals surface area contributed by atoms with Crippen molar-refractivity contribution in [3.63, 3.8) is 0 Å². The third-order valence-electron chi connectivity index (χ3n) is 3.24. The molecule has 0 radical (unpaired) electrons. The SMILES string of the molecule is O=c1c(Cl)c(Oc2ccccc2)cnn1Cc1ccccc1O. The molecule has 0 amide bonds. The molecule has 3 rings (SSSR count). The van der Waals surface area contributed by atoms with Crippen molar-refractivity contribution < 1.29 is 9.84 Å². The predicted octanol–water partition coefficient (Wildman–Crippen LogP) is 3.44. The van der Waals surface area contributed by atoms with E-state index < -0.39 is 5.56 Å². The highest BCUT2D eigenvalue weighted by molar-refractivity contribution is 6.31. The van der Waals surface area contributed by atoms with Crippen molar-refractivity contribution in [2.24, 2.45) is 0 Å². The van der Waals surface area contributed by atoms with Crippen LogP contribution in [0, 0.1) is 0 Å². The fourth-order valence-electron chi connectivity index (χ4n) is 2.06. The minimum atomic E-state index is -0.483. The Kier molecular flexibility index (Phi) is 4.30. The first-order valence-corrected chi connectivity index (χ1v) is 7.28. The van der Waals surface area contributed by atoms with Crippen LogP contribution in [0.25, 0.3) is 0 Å². The number of aromatic hydroxyl groups is 1. The van der Waals surface area contributed by atoms with Crippen LogP contribution in [0.3, 0.4) is 0 Å². The lowest BCUT2D eigenvalue weighted by Crippen LogP contribution is -2.24. The molecule has 0 aliphatic carbocycles. The van der Waals surface area contributed by atoms with Crippen LogP contribution in [0.15, 0.2) is 65.6 Å². The molecule has 23 heavy (non-hydrogen) atoms. The van der Waals surface area contributed by atoms with E-state index in [2.05, 4.69) is 5.10 Å². The Morgan fingerprint density at radius 2 is 1.78 bits per heavy atom. The van der Waals surface area contributed by atoms with Crippen molar-refractivity contribution >= 4 is 11.6 Å². The van der Waals surface area contributed by atoms with Gasteiger partial charge in [-0.3, -0.25) is 4.79 Å². The van der Waals surface area contributed by atoms with Crippen molar-refractivity contribution in [2.75, 3.05) is 0 Å². The summed E-state index contributed by atoms with van der Waals surface area (Å²) in [5.74, 6) is 0.854. The zero-order valence-corrected chi connectivity index (χ0v) is 12.8. The van der Waals surface area contributed by atoms with Gasteiger partial charge >= 0.3 is 0 Å². The van der Waals surface area contributed by atoms with Gasteiger partial charge in [0.2, 0.25) is 0 Å². The van der Waals surface area contributed by atoms with E-state index in [1.165, 1.54) is 10.9 Å². The topological polar surface area (TPSA) is 64.3 Å². The van der Waals surface area contributed by atoms with E-state index in [4.69, 9.17) is 16.3 Å². The Labute approximate surface area is 137 Å². The number of halogens is 1. The fraction of sp³-hybridized carbons (Fsp3) is 0.0588. The first-order valence-electron chi connectivity index (χ1n) is 6.90. The van der Waals surface area contributed by atoms with Crippen molar-refractivity contribution in [3.8, 4) is 17.2 Å². The third kappa shape index (κ3) is 3.35. The number of nitrogens with zero attached hydrogens (tertiary/aromatic N) is 2. The monoisotopic (exact) mass is 328 g/mol. The smallest absolute Gasteiger partial charge is 0.289 e. The summed E-state index contributed by atoms with van der Waals surface area (Å²) >= 11 is 6.09. The molecule has 0 saturated heterocycles. The molecule has 6 heteroatoms. The van der Waals surface area contributed by atoms with Gasteiger partial charge in [-0.25, -0.2) is 4.68 Å². The Morgan fingerprint density at radius 3 is 2.52 bits per heavy atom. The molecular weight excluding hydrogens is 316 g/mol. The van der Waals surface area contributed by atoms with E-state index in [0.29, 0.717) is 11.3 Å². The largest absolute Gasteiger partial charge is 0.508 e. The number of para-hydroxylation sites is 2. The van der Waals surface area contributed by atoms with Crippen LogP contribution >= 0.6 is 11.6 Å². The standard InChI is InChI=1S/C17H13ClN2O3/c18-16-15(23-13-7-2-1-3-8-13)10-19-20(17(16)22)11-12-6-4-5-9-14(12)21/h1-10,21H,11H2. The molecule has 0 aliphatic rings. The molecule has 3 aromatic rings. The van der Waals surface area contributed by atoms with Crippen LogP contribution in [0.2, 0.25) is 5.02 Å². The maximum atomic E-state index is 12.3.